The van der Waals surface area contributed by atoms with Crippen LogP contribution in [0.1, 0.15) is 12.5 Å². The Hall–Kier alpha value is -1.68. The molecular weight excluding hydrogens is 202 g/mol. The number of rotatable bonds is 1. The molecule has 84 valence electrons. The zero-order valence-corrected chi connectivity index (χ0v) is 9.68. The highest BCUT2D eigenvalue weighted by Gasteiger charge is 2.34. The van der Waals surface area contributed by atoms with Gasteiger partial charge in [0.2, 0.25) is 11.7 Å². The molecule has 0 fully saturated rings. The van der Waals surface area contributed by atoms with Gasteiger partial charge in [0.05, 0.1) is 0 Å². The molecule has 0 aliphatic carbocycles. The third kappa shape index (κ3) is 1.84. The molecule has 0 amide bonds. The lowest BCUT2D eigenvalue weighted by Gasteiger charge is -2.15. The van der Waals surface area contributed by atoms with Gasteiger partial charge in [-0.3, -0.25) is 0 Å². The Balaban J connectivity index is 2.41. The minimum atomic E-state index is -1.24. The summed E-state index contributed by atoms with van der Waals surface area (Å²) >= 11 is 0. The fourth-order valence-electron chi connectivity index (χ4n) is 1.61. The molecule has 0 aromatic heterocycles. The zero-order chi connectivity index (χ0) is 11.8. The van der Waals surface area contributed by atoms with Crippen LogP contribution in [0, 0.1) is 0 Å². The van der Waals surface area contributed by atoms with Crippen molar-refractivity contribution in [2.24, 2.45) is 9.98 Å². The first-order chi connectivity index (χ1) is 7.50. The molecule has 1 aromatic carbocycles. The highest BCUT2D eigenvalue weighted by molar-refractivity contribution is 6.15. The molecule has 1 unspecified atom stereocenters. The van der Waals surface area contributed by atoms with Crippen molar-refractivity contribution >= 4 is 11.7 Å². The molecule has 0 spiro atoms. The Morgan fingerprint density at radius 2 is 1.81 bits per heavy atom. The largest absolute Gasteiger partial charge is 0.364 e. The van der Waals surface area contributed by atoms with Crippen LogP contribution in [-0.4, -0.2) is 41.5 Å². The van der Waals surface area contributed by atoms with Crippen LogP contribution in [0.2, 0.25) is 0 Å². The van der Waals surface area contributed by atoms with Gasteiger partial charge >= 0.3 is 0 Å². The summed E-state index contributed by atoms with van der Waals surface area (Å²) in [5.41, 5.74) is 0.255. The van der Waals surface area contributed by atoms with Crippen molar-refractivity contribution in [2.75, 3.05) is 14.1 Å². The molecule has 1 aliphatic rings. The first kappa shape index (κ1) is 10.8. The Labute approximate surface area is 95.0 Å². The maximum Gasteiger partial charge on any atom is 0.223 e. The minimum Gasteiger partial charge on any atom is -0.364 e. The van der Waals surface area contributed by atoms with E-state index < -0.39 is 5.72 Å². The molecule has 0 saturated heterocycles. The Morgan fingerprint density at radius 3 is 2.31 bits per heavy atom. The summed E-state index contributed by atoms with van der Waals surface area (Å²) in [5.74, 6) is 0.545. The standard InChI is InChI=1S/C12H15N3O/c1-12(16)10(9-7-5-4-6-8-9)13-11(14-12)15(2)3/h4-8,16H,1-3H3. The quantitative estimate of drug-likeness (QED) is 0.766. The Kier molecular flexibility index (Phi) is 2.52. The van der Waals surface area contributed by atoms with Crippen molar-refractivity contribution < 1.29 is 5.11 Å². The Morgan fingerprint density at radius 1 is 1.19 bits per heavy atom. The smallest absolute Gasteiger partial charge is 0.223 e. The van der Waals surface area contributed by atoms with Gasteiger partial charge in [0.25, 0.3) is 0 Å². The third-order valence-corrected chi connectivity index (χ3v) is 2.43. The van der Waals surface area contributed by atoms with E-state index in [1.54, 1.807) is 11.8 Å². The summed E-state index contributed by atoms with van der Waals surface area (Å²) < 4.78 is 0. The van der Waals surface area contributed by atoms with Crippen molar-refractivity contribution in [1.29, 1.82) is 0 Å². The molecule has 2 rings (SSSR count). The Bertz CT molecular complexity index is 447. The number of aliphatic hydroxyl groups is 1. The molecule has 4 heteroatoms. The summed E-state index contributed by atoms with van der Waals surface area (Å²) in [6.07, 6.45) is 0. The molecule has 0 bridgehead atoms. The van der Waals surface area contributed by atoms with Crippen molar-refractivity contribution in [3.63, 3.8) is 0 Å². The number of nitrogens with zero attached hydrogens (tertiary/aromatic N) is 3. The summed E-state index contributed by atoms with van der Waals surface area (Å²) in [5, 5.41) is 10.2. The molecule has 1 aromatic rings. The molecule has 16 heavy (non-hydrogen) atoms. The predicted molar refractivity (Wildman–Crippen MR) is 64.7 cm³/mol. The van der Waals surface area contributed by atoms with Crippen LogP contribution in [0.25, 0.3) is 0 Å². The van der Waals surface area contributed by atoms with Crippen molar-refractivity contribution in [3.05, 3.63) is 35.9 Å². The van der Waals surface area contributed by atoms with Gasteiger partial charge in [-0.25, -0.2) is 9.98 Å². The molecule has 4 nitrogen and oxygen atoms in total. The second kappa shape index (κ2) is 3.72. The van der Waals surface area contributed by atoms with Gasteiger partial charge in [-0.05, 0) is 6.92 Å². The van der Waals surface area contributed by atoms with E-state index in [9.17, 15) is 5.11 Å². The number of guanidine groups is 1. The lowest BCUT2D eigenvalue weighted by atomic mass is 10.0. The SMILES string of the molecule is CN(C)C1=NC(C)(O)C(c2ccccc2)=N1. The van der Waals surface area contributed by atoms with Gasteiger partial charge in [-0.2, -0.15) is 0 Å². The van der Waals surface area contributed by atoms with E-state index in [1.165, 1.54) is 0 Å². The zero-order valence-electron chi connectivity index (χ0n) is 9.68. The number of aliphatic imine (C=N–C) groups is 2. The molecule has 0 radical (unpaired) electrons. The normalized spacial score (nSPS) is 24.0. The second-order valence-electron chi connectivity index (χ2n) is 4.15. The van der Waals surface area contributed by atoms with Crippen molar-refractivity contribution in [2.45, 2.75) is 12.6 Å². The van der Waals surface area contributed by atoms with Crippen molar-refractivity contribution in [3.8, 4) is 0 Å². The summed E-state index contributed by atoms with van der Waals surface area (Å²) in [7, 11) is 3.71. The van der Waals surface area contributed by atoms with Crippen LogP contribution in [0.3, 0.4) is 0 Å². The van der Waals surface area contributed by atoms with E-state index in [1.807, 2.05) is 44.4 Å². The summed E-state index contributed by atoms with van der Waals surface area (Å²) in [6.45, 7) is 1.65. The van der Waals surface area contributed by atoms with Gasteiger partial charge in [0.15, 0.2) is 0 Å². The van der Waals surface area contributed by atoms with Crippen molar-refractivity contribution in [1.82, 2.24) is 4.90 Å². The monoisotopic (exact) mass is 217 g/mol. The van der Waals surface area contributed by atoms with E-state index in [-0.39, 0.29) is 0 Å². The topological polar surface area (TPSA) is 48.2 Å². The highest BCUT2D eigenvalue weighted by Crippen LogP contribution is 2.22. The first-order valence-corrected chi connectivity index (χ1v) is 5.15. The van der Waals surface area contributed by atoms with Gasteiger partial charge in [-0.1, -0.05) is 30.3 Å². The molecule has 1 N–H and O–H groups in total. The maximum atomic E-state index is 10.2. The fourth-order valence-corrected chi connectivity index (χ4v) is 1.61. The summed E-state index contributed by atoms with van der Waals surface area (Å²) in [4.78, 5) is 10.3. The number of benzene rings is 1. The van der Waals surface area contributed by atoms with Crippen LogP contribution in [0.15, 0.2) is 40.3 Å². The number of hydrogen-bond acceptors (Lipinski definition) is 4. The predicted octanol–water partition coefficient (Wildman–Crippen LogP) is 1.12. The van der Waals surface area contributed by atoms with Gasteiger partial charge in [-0.15, -0.1) is 0 Å². The minimum absolute atomic E-state index is 0.545. The third-order valence-electron chi connectivity index (χ3n) is 2.43. The van der Waals surface area contributed by atoms with Gasteiger partial charge in [0.1, 0.15) is 5.71 Å². The van der Waals surface area contributed by atoms with E-state index in [0.717, 1.165) is 5.56 Å². The summed E-state index contributed by atoms with van der Waals surface area (Å²) in [6, 6.07) is 9.60. The van der Waals surface area contributed by atoms with Crippen LogP contribution < -0.4 is 0 Å². The van der Waals surface area contributed by atoms with Crippen LogP contribution in [-0.2, 0) is 0 Å². The first-order valence-electron chi connectivity index (χ1n) is 5.15. The molecule has 1 heterocycles. The molecule has 1 aliphatic heterocycles. The average molecular weight is 217 g/mol. The maximum absolute atomic E-state index is 10.2. The lowest BCUT2D eigenvalue weighted by molar-refractivity contribution is 0.146. The second-order valence-corrected chi connectivity index (χ2v) is 4.15. The van der Waals surface area contributed by atoms with Gasteiger partial charge < -0.3 is 10.0 Å². The molecular formula is C12H15N3O. The highest BCUT2D eigenvalue weighted by atomic mass is 16.3. The number of hydrogen-bond donors (Lipinski definition) is 1. The van der Waals surface area contributed by atoms with Crippen LogP contribution in [0.5, 0.6) is 0 Å². The van der Waals surface area contributed by atoms with Crippen LogP contribution >= 0.6 is 0 Å². The van der Waals surface area contributed by atoms with E-state index in [4.69, 9.17) is 0 Å². The lowest BCUT2D eigenvalue weighted by Crippen LogP contribution is -2.30. The van der Waals surface area contributed by atoms with Crippen LogP contribution in [0.4, 0.5) is 0 Å². The molecule has 1 atom stereocenters. The molecule has 0 saturated carbocycles. The van der Waals surface area contributed by atoms with E-state index >= 15 is 0 Å². The average Bonchev–Trinajstić information content (AvgIpc) is 2.56. The van der Waals surface area contributed by atoms with E-state index in [0.29, 0.717) is 11.7 Å². The van der Waals surface area contributed by atoms with E-state index in [2.05, 4.69) is 9.98 Å². The fraction of sp³-hybridized carbons (Fsp3) is 0.333. The van der Waals surface area contributed by atoms with Gasteiger partial charge in [0, 0.05) is 19.7 Å².